The summed E-state index contributed by atoms with van der Waals surface area (Å²) in [5.74, 6) is 0. The van der Waals surface area contributed by atoms with E-state index >= 15 is 0 Å². The predicted octanol–water partition coefficient (Wildman–Crippen LogP) is 5.50. The Morgan fingerprint density at radius 2 is 2.19 bits per heavy atom. The summed E-state index contributed by atoms with van der Waals surface area (Å²) in [5.41, 5.74) is 3.99. The number of benzene rings is 1. The second-order valence-electron chi connectivity index (χ2n) is 6.93. The number of rotatable bonds is 3. The average molecular weight is 300 g/mol. The maximum Gasteiger partial charge on any atom is 0.0901 e. The lowest BCUT2D eigenvalue weighted by atomic mass is 9.75. The van der Waals surface area contributed by atoms with Gasteiger partial charge in [0, 0.05) is 22.7 Å². The standard InChI is InChI=1S/C18H24N2S/c1-13-19-17(12-21-13)14-6-4-7-15(10-14)20-16-8-5-9-18(2,3)11-16/h4,6-7,10,12,16,20H,5,8-9,11H2,1-3H3. The summed E-state index contributed by atoms with van der Waals surface area (Å²) in [5, 5.41) is 6.99. The van der Waals surface area contributed by atoms with Crippen LogP contribution in [0.25, 0.3) is 11.3 Å². The smallest absolute Gasteiger partial charge is 0.0901 e. The van der Waals surface area contributed by atoms with Crippen molar-refractivity contribution in [2.45, 2.75) is 52.5 Å². The molecule has 0 aliphatic heterocycles. The Kier molecular flexibility index (Phi) is 4.03. The molecular formula is C18H24N2S. The summed E-state index contributed by atoms with van der Waals surface area (Å²) in [6.07, 6.45) is 5.22. The Balaban J connectivity index is 1.74. The molecule has 3 heteroatoms. The van der Waals surface area contributed by atoms with Crippen LogP contribution in [0, 0.1) is 12.3 Å². The van der Waals surface area contributed by atoms with Crippen LogP contribution in [0.15, 0.2) is 29.6 Å². The molecule has 0 amide bonds. The van der Waals surface area contributed by atoms with Crippen molar-refractivity contribution in [1.82, 2.24) is 4.98 Å². The van der Waals surface area contributed by atoms with Gasteiger partial charge in [0.05, 0.1) is 10.7 Å². The monoisotopic (exact) mass is 300 g/mol. The molecule has 3 rings (SSSR count). The van der Waals surface area contributed by atoms with Crippen molar-refractivity contribution in [3.63, 3.8) is 0 Å². The molecular weight excluding hydrogens is 276 g/mol. The third kappa shape index (κ3) is 3.65. The van der Waals surface area contributed by atoms with Gasteiger partial charge in [0.2, 0.25) is 0 Å². The fourth-order valence-corrected chi connectivity index (χ4v) is 3.94. The van der Waals surface area contributed by atoms with Crippen LogP contribution in [-0.4, -0.2) is 11.0 Å². The van der Waals surface area contributed by atoms with Gasteiger partial charge in [0.15, 0.2) is 0 Å². The molecule has 0 spiro atoms. The molecule has 0 radical (unpaired) electrons. The lowest BCUT2D eigenvalue weighted by molar-refractivity contribution is 0.229. The van der Waals surface area contributed by atoms with Gasteiger partial charge in [0.25, 0.3) is 0 Å². The van der Waals surface area contributed by atoms with Gasteiger partial charge < -0.3 is 5.32 Å². The molecule has 1 aromatic heterocycles. The first-order valence-electron chi connectivity index (χ1n) is 7.81. The van der Waals surface area contributed by atoms with Gasteiger partial charge in [-0.05, 0) is 43.7 Å². The van der Waals surface area contributed by atoms with Gasteiger partial charge in [-0.2, -0.15) is 0 Å². The van der Waals surface area contributed by atoms with Gasteiger partial charge in [-0.15, -0.1) is 11.3 Å². The van der Waals surface area contributed by atoms with E-state index in [9.17, 15) is 0 Å². The topological polar surface area (TPSA) is 24.9 Å². The number of hydrogen-bond donors (Lipinski definition) is 1. The molecule has 2 nitrogen and oxygen atoms in total. The fourth-order valence-electron chi connectivity index (χ4n) is 3.32. The molecule has 2 aromatic rings. The van der Waals surface area contributed by atoms with E-state index in [1.165, 1.54) is 36.9 Å². The Bertz CT molecular complexity index is 615. The van der Waals surface area contributed by atoms with Gasteiger partial charge in [-0.1, -0.05) is 32.4 Å². The Labute approximate surface area is 131 Å². The molecule has 21 heavy (non-hydrogen) atoms. The molecule has 1 fully saturated rings. The van der Waals surface area contributed by atoms with Gasteiger partial charge in [-0.25, -0.2) is 4.98 Å². The normalized spacial score (nSPS) is 21.2. The molecule has 0 saturated heterocycles. The van der Waals surface area contributed by atoms with E-state index in [-0.39, 0.29) is 0 Å². The van der Waals surface area contributed by atoms with Crippen molar-refractivity contribution < 1.29 is 0 Å². The van der Waals surface area contributed by atoms with Crippen LogP contribution in [-0.2, 0) is 0 Å². The lowest BCUT2D eigenvalue weighted by Gasteiger charge is -2.36. The first kappa shape index (κ1) is 14.6. The minimum atomic E-state index is 0.472. The van der Waals surface area contributed by atoms with E-state index in [4.69, 9.17) is 0 Å². The maximum absolute atomic E-state index is 4.58. The molecule has 0 bridgehead atoms. The molecule has 1 saturated carbocycles. The van der Waals surface area contributed by atoms with Crippen molar-refractivity contribution in [3.8, 4) is 11.3 Å². The van der Waals surface area contributed by atoms with E-state index in [0.717, 1.165) is 10.7 Å². The summed E-state index contributed by atoms with van der Waals surface area (Å²) in [7, 11) is 0. The zero-order valence-corrected chi connectivity index (χ0v) is 14.0. The quantitative estimate of drug-likeness (QED) is 0.809. The van der Waals surface area contributed by atoms with Crippen LogP contribution in [0.3, 0.4) is 0 Å². The highest BCUT2D eigenvalue weighted by molar-refractivity contribution is 7.09. The highest BCUT2D eigenvalue weighted by atomic mass is 32.1. The first-order chi connectivity index (χ1) is 10.0. The van der Waals surface area contributed by atoms with E-state index in [0.29, 0.717) is 11.5 Å². The van der Waals surface area contributed by atoms with Gasteiger partial charge in [0.1, 0.15) is 0 Å². The summed E-state index contributed by atoms with van der Waals surface area (Å²) >= 11 is 1.71. The number of nitrogens with zero attached hydrogens (tertiary/aromatic N) is 1. The number of anilines is 1. The third-order valence-electron chi connectivity index (χ3n) is 4.35. The van der Waals surface area contributed by atoms with Crippen LogP contribution in [0.1, 0.15) is 44.5 Å². The fraction of sp³-hybridized carbons (Fsp3) is 0.500. The zero-order chi connectivity index (χ0) is 14.9. The molecule has 1 aliphatic rings. The Hall–Kier alpha value is -1.35. The van der Waals surface area contributed by atoms with Crippen molar-refractivity contribution in [1.29, 1.82) is 0 Å². The van der Waals surface area contributed by atoms with Crippen LogP contribution in [0.2, 0.25) is 0 Å². The number of nitrogens with one attached hydrogen (secondary N) is 1. The second kappa shape index (κ2) is 5.80. The summed E-state index contributed by atoms with van der Waals surface area (Å²) in [6.45, 7) is 6.82. The second-order valence-corrected chi connectivity index (χ2v) is 8.00. The number of aryl methyl sites for hydroxylation is 1. The van der Waals surface area contributed by atoms with Crippen molar-refractivity contribution in [2.24, 2.45) is 5.41 Å². The molecule has 1 heterocycles. The van der Waals surface area contributed by atoms with Crippen LogP contribution in [0.4, 0.5) is 5.69 Å². The minimum Gasteiger partial charge on any atom is -0.382 e. The van der Waals surface area contributed by atoms with Crippen molar-refractivity contribution >= 4 is 17.0 Å². The van der Waals surface area contributed by atoms with Gasteiger partial charge in [-0.3, -0.25) is 0 Å². The molecule has 1 aromatic carbocycles. The Morgan fingerprint density at radius 3 is 2.90 bits per heavy atom. The summed E-state index contributed by atoms with van der Waals surface area (Å²) < 4.78 is 0. The highest BCUT2D eigenvalue weighted by Crippen LogP contribution is 2.36. The van der Waals surface area contributed by atoms with Crippen LogP contribution < -0.4 is 5.32 Å². The van der Waals surface area contributed by atoms with E-state index in [1.54, 1.807) is 11.3 Å². The predicted molar refractivity (Wildman–Crippen MR) is 91.9 cm³/mol. The maximum atomic E-state index is 4.58. The SMILES string of the molecule is Cc1nc(-c2cccc(NC3CCCC(C)(C)C3)c2)cs1. The molecule has 1 aliphatic carbocycles. The zero-order valence-electron chi connectivity index (χ0n) is 13.1. The highest BCUT2D eigenvalue weighted by Gasteiger charge is 2.27. The Morgan fingerprint density at radius 1 is 1.33 bits per heavy atom. The van der Waals surface area contributed by atoms with E-state index in [1.807, 2.05) is 0 Å². The minimum absolute atomic E-state index is 0.472. The summed E-state index contributed by atoms with van der Waals surface area (Å²) in [4.78, 5) is 4.58. The summed E-state index contributed by atoms with van der Waals surface area (Å²) in [6, 6.07) is 9.27. The number of aromatic nitrogens is 1. The first-order valence-corrected chi connectivity index (χ1v) is 8.69. The molecule has 1 unspecified atom stereocenters. The van der Waals surface area contributed by atoms with Crippen molar-refractivity contribution in [2.75, 3.05) is 5.32 Å². The van der Waals surface area contributed by atoms with E-state index < -0.39 is 0 Å². The van der Waals surface area contributed by atoms with Crippen LogP contribution in [0.5, 0.6) is 0 Å². The van der Waals surface area contributed by atoms with Crippen LogP contribution >= 0.6 is 11.3 Å². The number of thiazole rings is 1. The van der Waals surface area contributed by atoms with E-state index in [2.05, 4.69) is 60.7 Å². The third-order valence-corrected chi connectivity index (χ3v) is 5.13. The van der Waals surface area contributed by atoms with Crippen molar-refractivity contribution in [3.05, 3.63) is 34.7 Å². The van der Waals surface area contributed by atoms with Gasteiger partial charge >= 0.3 is 0 Å². The molecule has 1 N–H and O–H groups in total. The largest absolute Gasteiger partial charge is 0.382 e. The molecule has 1 atom stereocenters. The average Bonchev–Trinajstić information content (AvgIpc) is 2.85. The molecule has 112 valence electrons. The number of hydrogen-bond acceptors (Lipinski definition) is 3. The lowest BCUT2D eigenvalue weighted by Crippen LogP contribution is -2.31.